The third-order valence-corrected chi connectivity index (χ3v) is 10.6. The fourth-order valence-corrected chi connectivity index (χ4v) is 6.53. The predicted octanol–water partition coefficient (Wildman–Crippen LogP) is 12.4. The van der Waals surface area contributed by atoms with Crippen LogP contribution in [-0.4, -0.2) is 56.0 Å². The van der Waals surface area contributed by atoms with Crippen LogP contribution in [0.5, 0.6) is 0 Å². The second kappa shape index (κ2) is 37.1. The second-order valence-corrected chi connectivity index (χ2v) is 15.9. The van der Waals surface area contributed by atoms with Crippen LogP contribution in [0.2, 0.25) is 0 Å². The van der Waals surface area contributed by atoms with E-state index in [9.17, 15) is 18.1 Å². The number of aliphatic hydroxyl groups is 1. The average Bonchev–Trinajstić information content (AvgIpc) is 3.04. The van der Waals surface area contributed by atoms with Gasteiger partial charge in [-0.1, -0.05) is 194 Å². The molecule has 1 atom stereocenters. The number of rotatable bonds is 36. The lowest BCUT2D eigenvalue weighted by Crippen LogP contribution is -2.52. The SMILES string of the molecule is CCCCCCCCCCCCCCCCCC[N+](C)(CCCCCCCCCCCCCCCCCC)C(C)O.COS(=O)(=O)[O-]. The molecule has 0 aromatic carbocycles. The Morgan fingerprint density at radius 3 is 0.809 bits per heavy atom. The first-order chi connectivity index (χ1) is 22.6. The topological polar surface area (TPSA) is 86.7 Å². The van der Waals surface area contributed by atoms with Crippen molar-refractivity contribution in [1.29, 1.82) is 0 Å². The van der Waals surface area contributed by atoms with Crippen molar-refractivity contribution in [3.05, 3.63) is 0 Å². The van der Waals surface area contributed by atoms with Crippen LogP contribution in [-0.2, 0) is 14.6 Å². The highest BCUT2D eigenvalue weighted by Gasteiger charge is 2.26. The molecule has 6 nitrogen and oxygen atoms in total. The van der Waals surface area contributed by atoms with Gasteiger partial charge in [0.05, 0.1) is 27.2 Å². The van der Waals surface area contributed by atoms with Crippen LogP contribution in [0.1, 0.15) is 226 Å². The minimum absolute atomic E-state index is 0.234. The van der Waals surface area contributed by atoms with Crippen molar-refractivity contribution in [3.8, 4) is 0 Å². The maximum Gasteiger partial charge on any atom is 0.217 e. The summed E-state index contributed by atoms with van der Waals surface area (Å²) >= 11 is 0. The van der Waals surface area contributed by atoms with Crippen LogP contribution < -0.4 is 0 Å². The van der Waals surface area contributed by atoms with E-state index >= 15 is 0 Å². The van der Waals surface area contributed by atoms with E-state index in [4.69, 9.17) is 0 Å². The van der Waals surface area contributed by atoms with Crippen molar-refractivity contribution in [2.75, 3.05) is 27.2 Å². The summed E-state index contributed by atoms with van der Waals surface area (Å²) in [6.45, 7) is 8.91. The Hall–Kier alpha value is -0.210. The summed E-state index contributed by atoms with van der Waals surface area (Å²) in [7, 11) is -1.31. The highest BCUT2D eigenvalue weighted by atomic mass is 32.3. The average molecular weight is 692 g/mol. The van der Waals surface area contributed by atoms with Gasteiger partial charge < -0.3 is 14.1 Å². The Labute approximate surface area is 296 Å². The number of aliphatic hydroxyl groups excluding tert-OH is 1. The maximum absolute atomic E-state index is 10.5. The lowest BCUT2D eigenvalue weighted by atomic mass is 10.0. The first-order valence-electron chi connectivity index (χ1n) is 20.7. The number of unbranched alkanes of at least 4 members (excludes halogenated alkanes) is 30. The van der Waals surface area contributed by atoms with E-state index in [1.54, 1.807) is 0 Å². The zero-order valence-corrected chi connectivity index (χ0v) is 33.4. The van der Waals surface area contributed by atoms with Crippen LogP contribution >= 0.6 is 0 Å². The molecule has 0 spiro atoms. The summed E-state index contributed by atoms with van der Waals surface area (Å²) < 4.78 is 31.9. The number of nitrogens with zero attached hydrogens (tertiary/aromatic N) is 1. The summed E-state index contributed by atoms with van der Waals surface area (Å²) in [5.74, 6) is 0. The molecule has 0 saturated heterocycles. The van der Waals surface area contributed by atoms with Gasteiger partial charge in [-0.3, -0.25) is 4.18 Å². The van der Waals surface area contributed by atoms with E-state index in [2.05, 4.69) is 25.1 Å². The third-order valence-electron chi connectivity index (χ3n) is 10.2. The van der Waals surface area contributed by atoms with Gasteiger partial charge in [0.1, 0.15) is 0 Å². The van der Waals surface area contributed by atoms with Gasteiger partial charge in [0.15, 0.2) is 6.23 Å². The van der Waals surface area contributed by atoms with Gasteiger partial charge >= 0.3 is 0 Å². The Morgan fingerprint density at radius 2 is 0.660 bits per heavy atom. The smallest absolute Gasteiger partial charge is 0.217 e. The minimum Gasteiger partial charge on any atom is -0.726 e. The quantitative estimate of drug-likeness (QED) is 0.0232. The van der Waals surface area contributed by atoms with Crippen molar-refractivity contribution in [3.63, 3.8) is 0 Å². The van der Waals surface area contributed by atoms with Crippen molar-refractivity contribution in [2.24, 2.45) is 0 Å². The van der Waals surface area contributed by atoms with Crippen LogP contribution in [0, 0.1) is 0 Å². The summed E-state index contributed by atoms with van der Waals surface area (Å²) in [5, 5.41) is 10.5. The monoisotopic (exact) mass is 692 g/mol. The fourth-order valence-electron chi connectivity index (χ4n) is 6.53. The van der Waals surface area contributed by atoms with Crippen molar-refractivity contribution in [1.82, 2.24) is 0 Å². The first kappa shape index (κ1) is 48.9. The van der Waals surface area contributed by atoms with Gasteiger partial charge in [0, 0.05) is 6.92 Å². The molecule has 0 bridgehead atoms. The maximum atomic E-state index is 10.5. The summed E-state index contributed by atoms with van der Waals surface area (Å²) in [5.41, 5.74) is 0. The van der Waals surface area contributed by atoms with Crippen LogP contribution in [0.15, 0.2) is 0 Å². The summed E-state index contributed by atoms with van der Waals surface area (Å²) in [4.78, 5) is 0. The molecule has 0 heterocycles. The summed E-state index contributed by atoms with van der Waals surface area (Å²) in [6.07, 6.45) is 45.3. The first-order valence-corrected chi connectivity index (χ1v) is 22.0. The fraction of sp³-hybridized carbons (Fsp3) is 1.00. The molecule has 0 aromatic heterocycles. The molecule has 0 saturated carbocycles. The molecule has 0 aromatic rings. The van der Waals surface area contributed by atoms with Crippen LogP contribution in [0.4, 0.5) is 0 Å². The lowest BCUT2D eigenvalue weighted by molar-refractivity contribution is -0.952. The Kier molecular flexibility index (Phi) is 38.6. The van der Waals surface area contributed by atoms with Crippen molar-refractivity contribution < 1.29 is 26.7 Å². The molecule has 0 radical (unpaired) electrons. The van der Waals surface area contributed by atoms with Gasteiger partial charge in [0.2, 0.25) is 10.4 Å². The summed E-state index contributed by atoms with van der Waals surface area (Å²) in [6, 6.07) is 0. The zero-order valence-electron chi connectivity index (χ0n) is 32.6. The van der Waals surface area contributed by atoms with Gasteiger partial charge in [-0.15, -0.1) is 0 Å². The van der Waals surface area contributed by atoms with E-state index < -0.39 is 10.4 Å². The number of quaternary nitrogens is 1. The van der Waals surface area contributed by atoms with Gasteiger partial charge in [0.25, 0.3) is 0 Å². The Morgan fingerprint density at radius 1 is 0.489 bits per heavy atom. The molecule has 286 valence electrons. The molecule has 0 rings (SSSR count). The Bertz CT molecular complexity index is 665. The van der Waals surface area contributed by atoms with Gasteiger partial charge in [-0.2, -0.15) is 0 Å². The van der Waals surface area contributed by atoms with Crippen LogP contribution in [0.25, 0.3) is 0 Å². The van der Waals surface area contributed by atoms with Crippen molar-refractivity contribution >= 4 is 10.4 Å². The molecule has 0 amide bonds. The standard InChI is InChI=1S/C39H82NO.CH4O4S/c1-5-7-9-11-13-15-17-19-21-23-25-27-29-31-33-35-37-40(4,39(3)41)38-36-34-32-30-28-26-24-22-20-18-16-14-12-10-8-6-2;1-5-6(2,3)4/h39,41H,5-38H2,1-4H3;1H3,(H,2,3,4)/q+1;/p-1. The molecule has 0 aliphatic carbocycles. The molecular formula is C40H85NO5S. The van der Waals surface area contributed by atoms with E-state index in [1.807, 2.05) is 6.92 Å². The van der Waals surface area contributed by atoms with Gasteiger partial charge in [-0.05, 0) is 25.7 Å². The largest absolute Gasteiger partial charge is 0.726 e. The second-order valence-electron chi connectivity index (χ2n) is 14.7. The third kappa shape index (κ3) is 40.1. The van der Waals surface area contributed by atoms with Crippen LogP contribution in [0.3, 0.4) is 0 Å². The van der Waals surface area contributed by atoms with E-state index in [0.29, 0.717) is 0 Å². The molecule has 1 N–H and O–H groups in total. The predicted molar refractivity (Wildman–Crippen MR) is 203 cm³/mol. The minimum atomic E-state index is -4.41. The highest BCUT2D eigenvalue weighted by Crippen LogP contribution is 2.18. The molecule has 0 fully saturated rings. The normalized spacial score (nSPS) is 12.7. The van der Waals surface area contributed by atoms with Crippen molar-refractivity contribution in [2.45, 2.75) is 232 Å². The van der Waals surface area contributed by atoms with E-state index in [0.717, 1.165) is 24.7 Å². The molecular weight excluding hydrogens is 607 g/mol. The zero-order chi connectivity index (χ0) is 35.3. The lowest BCUT2D eigenvalue weighted by Gasteiger charge is -2.37. The molecule has 0 aliphatic heterocycles. The molecule has 7 heteroatoms. The van der Waals surface area contributed by atoms with E-state index in [-0.39, 0.29) is 6.23 Å². The van der Waals surface area contributed by atoms with E-state index in [1.165, 1.54) is 205 Å². The number of hydrogen-bond donors (Lipinski definition) is 1. The number of hydrogen-bond acceptors (Lipinski definition) is 5. The molecule has 47 heavy (non-hydrogen) atoms. The van der Waals surface area contributed by atoms with Gasteiger partial charge in [-0.25, -0.2) is 8.42 Å². The Balaban J connectivity index is 0. The molecule has 0 aliphatic rings. The highest BCUT2D eigenvalue weighted by molar-refractivity contribution is 7.80. The molecule has 1 unspecified atom stereocenters.